The molecule has 0 N–H and O–H groups in total. The maximum atomic E-state index is 2.47. The van der Waals surface area contributed by atoms with Gasteiger partial charge in [0.1, 0.15) is 0 Å². The van der Waals surface area contributed by atoms with Gasteiger partial charge in [-0.15, -0.1) is 0 Å². The zero-order chi connectivity index (χ0) is 8.81. The third-order valence-corrected chi connectivity index (χ3v) is 4.02. The first-order valence-electron chi connectivity index (χ1n) is 5.40. The molecule has 0 spiro atoms. The van der Waals surface area contributed by atoms with Gasteiger partial charge < -0.3 is 0 Å². The predicted octanol–water partition coefficient (Wildman–Crippen LogP) is 4.42. The summed E-state index contributed by atoms with van der Waals surface area (Å²) < 4.78 is 1.34. The van der Waals surface area contributed by atoms with Gasteiger partial charge in [-0.25, -0.2) is 0 Å². The highest BCUT2D eigenvalue weighted by Gasteiger charge is 2.25. The topological polar surface area (TPSA) is 0 Å². The summed E-state index contributed by atoms with van der Waals surface area (Å²) in [6, 6.07) is 0. The first kappa shape index (κ1) is 10.8. The Labute approximate surface area is 90.6 Å². The lowest BCUT2D eigenvalue weighted by molar-refractivity contribution is 0.179. The third kappa shape index (κ3) is 3.63. The van der Waals surface area contributed by atoms with Crippen LogP contribution >= 0.6 is 22.6 Å². The first-order valence-corrected chi connectivity index (χ1v) is 6.93. The van der Waals surface area contributed by atoms with E-state index in [1.165, 1.54) is 49.4 Å². The number of hydrogen-bond donors (Lipinski definition) is 0. The Balaban J connectivity index is 1.82. The summed E-state index contributed by atoms with van der Waals surface area (Å²) in [5.74, 6) is 2.15. The molecular weight excluding hydrogens is 259 g/mol. The minimum atomic E-state index is 1.05. The second-order valence-corrected chi connectivity index (χ2v) is 5.29. The van der Waals surface area contributed by atoms with Crippen LogP contribution in [0.15, 0.2) is 0 Å². The highest BCUT2D eigenvalue weighted by atomic mass is 127. The van der Waals surface area contributed by atoms with E-state index in [4.69, 9.17) is 0 Å². The molecule has 1 aliphatic carbocycles. The van der Waals surface area contributed by atoms with Crippen LogP contribution in [0.3, 0.4) is 0 Å². The van der Waals surface area contributed by atoms with Crippen molar-refractivity contribution in [3.05, 3.63) is 0 Å². The fourth-order valence-electron chi connectivity index (χ4n) is 2.02. The van der Waals surface area contributed by atoms with Crippen molar-refractivity contribution >= 4 is 22.6 Å². The molecule has 1 heteroatoms. The molecular formula is C11H21I. The van der Waals surface area contributed by atoms with E-state index < -0.39 is 0 Å². The van der Waals surface area contributed by atoms with Crippen molar-refractivity contribution < 1.29 is 0 Å². The van der Waals surface area contributed by atoms with Crippen LogP contribution in [0, 0.1) is 11.8 Å². The normalized spacial score (nSPS) is 28.5. The van der Waals surface area contributed by atoms with Crippen LogP contribution < -0.4 is 0 Å². The predicted molar refractivity (Wildman–Crippen MR) is 63.9 cm³/mol. The van der Waals surface area contributed by atoms with Crippen LogP contribution in [0.25, 0.3) is 0 Å². The molecule has 0 nitrogen and oxygen atoms in total. The Kier molecular flexibility index (Phi) is 5.61. The van der Waals surface area contributed by atoms with Crippen molar-refractivity contribution in [2.24, 2.45) is 11.8 Å². The quantitative estimate of drug-likeness (QED) is 0.384. The smallest absolute Gasteiger partial charge is 0.000473 e. The van der Waals surface area contributed by atoms with Crippen LogP contribution in [-0.2, 0) is 0 Å². The monoisotopic (exact) mass is 280 g/mol. The van der Waals surface area contributed by atoms with Crippen molar-refractivity contribution in [2.75, 3.05) is 4.43 Å². The van der Waals surface area contributed by atoms with Crippen LogP contribution in [0.5, 0.6) is 0 Å². The van der Waals surface area contributed by atoms with Gasteiger partial charge in [0.25, 0.3) is 0 Å². The Bertz CT molecular complexity index is 112. The Morgan fingerprint density at radius 2 is 1.83 bits per heavy atom. The van der Waals surface area contributed by atoms with E-state index >= 15 is 0 Å². The highest BCUT2D eigenvalue weighted by molar-refractivity contribution is 14.1. The lowest BCUT2D eigenvalue weighted by Gasteiger charge is -2.33. The number of unbranched alkanes of at least 4 members (excludes halogenated alkanes) is 3. The molecule has 0 radical (unpaired) electrons. The standard InChI is InChI=1S/C11H21I/c1-10-7-8-11(10)6-4-2-3-5-9-12/h10-11H,2-9H2,1H3/t10-,11?/m0/s1. The van der Waals surface area contributed by atoms with Gasteiger partial charge in [-0.05, 0) is 29.1 Å². The van der Waals surface area contributed by atoms with Crippen LogP contribution in [0.2, 0.25) is 0 Å². The second kappa shape index (κ2) is 6.22. The minimum Gasteiger partial charge on any atom is -0.0864 e. The van der Waals surface area contributed by atoms with Crippen LogP contribution in [0.1, 0.15) is 51.9 Å². The summed E-state index contributed by atoms with van der Waals surface area (Å²) in [5.41, 5.74) is 0. The highest BCUT2D eigenvalue weighted by Crippen LogP contribution is 2.37. The number of alkyl halides is 1. The molecule has 0 aromatic rings. The SMILES string of the molecule is C[C@H]1CCC1CCCCCCI. The Hall–Kier alpha value is 0.730. The Morgan fingerprint density at radius 1 is 1.08 bits per heavy atom. The lowest BCUT2D eigenvalue weighted by atomic mass is 9.72. The van der Waals surface area contributed by atoms with Crippen LogP contribution in [-0.4, -0.2) is 4.43 Å². The number of halogens is 1. The van der Waals surface area contributed by atoms with Crippen molar-refractivity contribution in [3.63, 3.8) is 0 Å². The van der Waals surface area contributed by atoms with Crippen LogP contribution in [0.4, 0.5) is 0 Å². The van der Waals surface area contributed by atoms with E-state index in [-0.39, 0.29) is 0 Å². The molecule has 0 heterocycles. The molecule has 0 saturated heterocycles. The van der Waals surface area contributed by atoms with E-state index in [9.17, 15) is 0 Å². The summed E-state index contributed by atoms with van der Waals surface area (Å²) in [6.07, 6.45) is 10.4. The molecule has 2 atom stereocenters. The molecule has 0 aromatic heterocycles. The van der Waals surface area contributed by atoms with Gasteiger partial charge in [-0.1, -0.05) is 61.6 Å². The fraction of sp³-hybridized carbons (Fsp3) is 1.00. The maximum absolute atomic E-state index is 2.47. The van der Waals surface area contributed by atoms with E-state index in [0.29, 0.717) is 0 Å². The molecule has 1 fully saturated rings. The molecule has 0 aromatic carbocycles. The van der Waals surface area contributed by atoms with Gasteiger partial charge >= 0.3 is 0 Å². The fourth-order valence-corrected chi connectivity index (χ4v) is 2.56. The second-order valence-electron chi connectivity index (χ2n) is 4.21. The van der Waals surface area contributed by atoms with Gasteiger partial charge in [0.05, 0.1) is 0 Å². The summed E-state index contributed by atoms with van der Waals surface area (Å²) in [5, 5.41) is 0. The molecule has 0 bridgehead atoms. The first-order chi connectivity index (χ1) is 5.84. The summed E-state index contributed by atoms with van der Waals surface area (Å²) in [7, 11) is 0. The summed E-state index contributed by atoms with van der Waals surface area (Å²) in [4.78, 5) is 0. The summed E-state index contributed by atoms with van der Waals surface area (Å²) >= 11 is 2.47. The van der Waals surface area contributed by atoms with E-state index in [2.05, 4.69) is 29.5 Å². The molecule has 1 unspecified atom stereocenters. The maximum Gasteiger partial charge on any atom is -0.000473 e. The van der Waals surface area contributed by atoms with E-state index in [0.717, 1.165) is 11.8 Å². The van der Waals surface area contributed by atoms with Gasteiger partial charge in [0, 0.05) is 0 Å². The molecule has 1 rings (SSSR count). The lowest BCUT2D eigenvalue weighted by Crippen LogP contribution is -2.22. The molecule has 0 amide bonds. The summed E-state index contributed by atoms with van der Waals surface area (Å²) in [6.45, 7) is 2.42. The largest absolute Gasteiger partial charge is 0.0864 e. The average Bonchev–Trinajstić information content (AvgIpc) is 2.08. The van der Waals surface area contributed by atoms with E-state index in [1.807, 2.05) is 0 Å². The van der Waals surface area contributed by atoms with Gasteiger partial charge in [-0.3, -0.25) is 0 Å². The average molecular weight is 280 g/mol. The van der Waals surface area contributed by atoms with Gasteiger partial charge in [0.2, 0.25) is 0 Å². The molecule has 72 valence electrons. The Morgan fingerprint density at radius 3 is 2.33 bits per heavy atom. The number of rotatable bonds is 6. The number of hydrogen-bond acceptors (Lipinski definition) is 0. The molecule has 0 aliphatic heterocycles. The van der Waals surface area contributed by atoms with E-state index in [1.54, 1.807) is 0 Å². The van der Waals surface area contributed by atoms with Crippen molar-refractivity contribution in [2.45, 2.75) is 51.9 Å². The van der Waals surface area contributed by atoms with Crippen molar-refractivity contribution in [1.82, 2.24) is 0 Å². The molecule has 12 heavy (non-hydrogen) atoms. The van der Waals surface area contributed by atoms with Gasteiger partial charge in [-0.2, -0.15) is 0 Å². The zero-order valence-electron chi connectivity index (χ0n) is 8.19. The van der Waals surface area contributed by atoms with Crippen molar-refractivity contribution in [3.8, 4) is 0 Å². The third-order valence-electron chi connectivity index (χ3n) is 3.26. The molecule has 1 aliphatic rings. The van der Waals surface area contributed by atoms with Crippen molar-refractivity contribution in [1.29, 1.82) is 0 Å². The zero-order valence-corrected chi connectivity index (χ0v) is 10.3. The van der Waals surface area contributed by atoms with Gasteiger partial charge in [0.15, 0.2) is 0 Å². The minimum absolute atomic E-state index is 1.05. The molecule has 1 saturated carbocycles.